The van der Waals surface area contributed by atoms with E-state index in [1.807, 2.05) is 36.4 Å². The van der Waals surface area contributed by atoms with Crippen molar-refractivity contribution in [3.63, 3.8) is 0 Å². The van der Waals surface area contributed by atoms with Crippen LogP contribution in [0.1, 0.15) is 11.1 Å². The predicted octanol–water partition coefficient (Wildman–Crippen LogP) is 3.17. The third kappa shape index (κ3) is 4.20. The first-order chi connectivity index (χ1) is 11.2. The smallest absolute Gasteiger partial charge is 0.230 e. The van der Waals surface area contributed by atoms with E-state index in [1.165, 1.54) is 5.56 Å². The highest BCUT2D eigenvalue weighted by molar-refractivity contribution is 8.00. The molecule has 3 rings (SSSR count). The van der Waals surface area contributed by atoms with Crippen molar-refractivity contribution in [3.05, 3.63) is 53.6 Å². The van der Waals surface area contributed by atoms with E-state index in [-0.39, 0.29) is 5.91 Å². The van der Waals surface area contributed by atoms with Gasteiger partial charge in [0.05, 0.1) is 5.75 Å². The number of aryl methyl sites for hydroxylation is 1. The lowest BCUT2D eigenvalue weighted by Crippen LogP contribution is -2.24. The number of fused-ring (bicyclic) bond motifs is 1. The molecule has 0 spiro atoms. The minimum Gasteiger partial charge on any atom is -0.486 e. The van der Waals surface area contributed by atoms with Gasteiger partial charge in [-0.15, -0.1) is 11.8 Å². The van der Waals surface area contributed by atoms with Crippen molar-refractivity contribution < 1.29 is 14.3 Å². The van der Waals surface area contributed by atoms with E-state index in [1.54, 1.807) is 11.8 Å². The molecule has 1 heterocycles. The van der Waals surface area contributed by atoms with Crippen molar-refractivity contribution in [2.24, 2.45) is 0 Å². The molecule has 1 N–H and O–H groups in total. The van der Waals surface area contributed by atoms with Gasteiger partial charge in [-0.05, 0) is 36.2 Å². The van der Waals surface area contributed by atoms with Crippen LogP contribution in [-0.2, 0) is 11.3 Å². The number of carbonyl (C=O) groups excluding carboxylic acids is 1. The van der Waals surface area contributed by atoms with Gasteiger partial charge in [-0.1, -0.05) is 24.3 Å². The molecular formula is C18H19NO3S. The van der Waals surface area contributed by atoms with Crippen molar-refractivity contribution in [1.29, 1.82) is 0 Å². The molecule has 0 atom stereocenters. The Bertz CT molecular complexity index is 702. The Hall–Kier alpha value is -2.14. The highest BCUT2D eigenvalue weighted by Gasteiger charge is 2.12. The summed E-state index contributed by atoms with van der Waals surface area (Å²) in [7, 11) is 0. The standard InChI is InChI=1S/C18H19NO3S/c1-13-4-2-3-5-17(13)23-12-18(20)19-11-14-6-7-15-16(10-14)22-9-8-21-15/h2-7,10H,8-9,11-12H2,1H3,(H,19,20). The zero-order valence-electron chi connectivity index (χ0n) is 13.0. The fourth-order valence-electron chi connectivity index (χ4n) is 2.31. The molecule has 0 unspecified atom stereocenters. The SMILES string of the molecule is Cc1ccccc1SCC(=O)NCc1ccc2c(c1)OCCO2. The first kappa shape index (κ1) is 15.7. The van der Waals surface area contributed by atoms with E-state index in [4.69, 9.17) is 9.47 Å². The summed E-state index contributed by atoms with van der Waals surface area (Å²) in [4.78, 5) is 13.1. The fraction of sp³-hybridized carbons (Fsp3) is 0.278. The number of hydrogen-bond acceptors (Lipinski definition) is 4. The Labute approximate surface area is 140 Å². The molecule has 2 aromatic carbocycles. The molecule has 0 saturated heterocycles. The Morgan fingerprint density at radius 3 is 2.74 bits per heavy atom. The first-order valence-corrected chi connectivity index (χ1v) is 8.54. The van der Waals surface area contributed by atoms with E-state index in [0.717, 1.165) is 22.0 Å². The van der Waals surface area contributed by atoms with Crippen LogP contribution in [0, 0.1) is 6.92 Å². The van der Waals surface area contributed by atoms with Crippen LogP contribution < -0.4 is 14.8 Å². The maximum atomic E-state index is 12.0. The van der Waals surface area contributed by atoms with Crippen LogP contribution in [0.15, 0.2) is 47.4 Å². The van der Waals surface area contributed by atoms with Gasteiger partial charge in [0, 0.05) is 11.4 Å². The van der Waals surface area contributed by atoms with Gasteiger partial charge in [0.1, 0.15) is 13.2 Å². The number of rotatable bonds is 5. The summed E-state index contributed by atoms with van der Waals surface area (Å²) in [6, 6.07) is 13.8. The molecule has 120 valence electrons. The summed E-state index contributed by atoms with van der Waals surface area (Å²) in [5.74, 6) is 1.95. The van der Waals surface area contributed by atoms with Gasteiger partial charge >= 0.3 is 0 Å². The average molecular weight is 329 g/mol. The van der Waals surface area contributed by atoms with Crippen molar-refractivity contribution in [3.8, 4) is 11.5 Å². The fourth-order valence-corrected chi connectivity index (χ4v) is 3.17. The molecule has 0 aromatic heterocycles. The molecule has 23 heavy (non-hydrogen) atoms. The van der Waals surface area contributed by atoms with Crippen LogP contribution in [0.2, 0.25) is 0 Å². The Balaban J connectivity index is 1.50. The Kier molecular flexibility index (Phi) is 5.08. The van der Waals surface area contributed by atoms with Crippen LogP contribution in [0.5, 0.6) is 11.5 Å². The minimum atomic E-state index is 0.0214. The van der Waals surface area contributed by atoms with Gasteiger partial charge < -0.3 is 14.8 Å². The maximum absolute atomic E-state index is 12.0. The van der Waals surface area contributed by atoms with E-state index in [9.17, 15) is 4.79 Å². The maximum Gasteiger partial charge on any atom is 0.230 e. The molecule has 0 bridgehead atoms. The summed E-state index contributed by atoms with van der Waals surface area (Å²) < 4.78 is 11.0. The second-order valence-corrected chi connectivity index (χ2v) is 6.33. The molecule has 4 nitrogen and oxygen atoms in total. The monoisotopic (exact) mass is 329 g/mol. The normalized spacial score (nSPS) is 12.7. The molecule has 0 aliphatic carbocycles. The number of ether oxygens (including phenoxy) is 2. The van der Waals surface area contributed by atoms with Crippen LogP contribution in [0.3, 0.4) is 0 Å². The number of nitrogens with one attached hydrogen (secondary N) is 1. The van der Waals surface area contributed by atoms with E-state index in [0.29, 0.717) is 25.5 Å². The predicted molar refractivity (Wildman–Crippen MR) is 91.2 cm³/mol. The minimum absolute atomic E-state index is 0.0214. The molecule has 2 aromatic rings. The largest absolute Gasteiger partial charge is 0.486 e. The van der Waals surface area contributed by atoms with Gasteiger partial charge in [-0.25, -0.2) is 0 Å². The topological polar surface area (TPSA) is 47.6 Å². The van der Waals surface area contributed by atoms with Gasteiger partial charge in [0.15, 0.2) is 11.5 Å². The third-order valence-corrected chi connectivity index (χ3v) is 4.72. The van der Waals surface area contributed by atoms with Crippen LogP contribution in [0.25, 0.3) is 0 Å². The van der Waals surface area contributed by atoms with Crippen LogP contribution >= 0.6 is 11.8 Å². The number of benzene rings is 2. The molecule has 0 fully saturated rings. The van der Waals surface area contributed by atoms with E-state index >= 15 is 0 Å². The lowest BCUT2D eigenvalue weighted by Gasteiger charge is -2.19. The summed E-state index contributed by atoms with van der Waals surface area (Å²) in [6.45, 7) is 3.69. The summed E-state index contributed by atoms with van der Waals surface area (Å²) in [5.41, 5.74) is 2.20. The zero-order valence-corrected chi connectivity index (χ0v) is 13.8. The molecule has 0 radical (unpaired) electrons. The second kappa shape index (κ2) is 7.42. The summed E-state index contributed by atoms with van der Waals surface area (Å²) >= 11 is 1.56. The second-order valence-electron chi connectivity index (χ2n) is 5.31. The van der Waals surface area contributed by atoms with E-state index < -0.39 is 0 Å². The van der Waals surface area contributed by atoms with Crippen LogP contribution in [-0.4, -0.2) is 24.9 Å². The zero-order chi connectivity index (χ0) is 16.1. The van der Waals surface area contributed by atoms with Gasteiger partial charge in [-0.3, -0.25) is 4.79 Å². The Morgan fingerprint density at radius 2 is 1.91 bits per heavy atom. The van der Waals surface area contributed by atoms with Gasteiger partial charge in [0.25, 0.3) is 0 Å². The van der Waals surface area contributed by atoms with E-state index in [2.05, 4.69) is 18.3 Å². The average Bonchev–Trinajstić information content (AvgIpc) is 2.59. The van der Waals surface area contributed by atoms with Crippen molar-refractivity contribution in [2.45, 2.75) is 18.4 Å². The number of carbonyl (C=O) groups is 1. The Morgan fingerprint density at radius 1 is 1.13 bits per heavy atom. The lowest BCUT2D eigenvalue weighted by atomic mass is 10.2. The van der Waals surface area contributed by atoms with Crippen molar-refractivity contribution in [1.82, 2.24) is 5.32 Å². The number of hydrogen-bond donors (Lipinski definition) is 1. The highest BCUT2D eigenvalue weighted by Crippen LogP contribution is 2.30. The molecule has 0 saturated carbocycles. The summed E-state index contributed by atoms with van der Waals surface area (Å²) in [6.07, 6.45) is 0. The van der Waals surface area contributed by atoms with Gasteiger partial charge in [0.2, 0.25) is 5.91 Å². The van der Waals surface area contributed by atoms with Crippen LogP contribution in [0.4, 0.5) is 0 Å². The van der Waals surface area contributed by atoms with Crippen molar-refractivity contribution >= 4 is 17.7 Å². The number of thioether (sulfide) groups is 1. The highest BCUT2D eigenvalue weighted by atomic mass is 32.2. The van der Waals surface area contributed by atoms with Gasteiger partial charge in [-0.2, -0.15) is 0 Å². The molecular weight excluding hydrogens is 310 g/mol. The van der Waals surface area contributed by atoms with Crippen molar-refractivity contribution in [2.75, 3.05) is 19.0 Å². The third-order valence-electron chi connectivity index (χ3n) is 3.55. The number of amides is 1. The summed E-state index contributed by atoms with van der Waals surface area (Å²) in [5, 5.41) is 2.94. The lowest BCUT2D eigenvalue weighted by molar-refractivity contribution is -0.118. The molecule has 5 heteroatoms. The molecule has 1 amide bonds. The molecule has 1 aliphatic rings. The quantitative estimate of drug-likeness (QED) is 0.856. The first-order valence-electron chi connectivity index (χ1n) is 7.56. The molecule has 1 aliphatic heterocycles.